The van der Waals surface area contributed by atoms with Gasteiger partial charge in [-0.15, -0.1) is 0 Å². The Hall–Kier alpha value is -1.52. The minimum absolute atomic E-state index is 0.0287. The molecule has 2 aliphatic carbocycles. The summed E-state index contributed by atoms with van der Waals surface area (Å²) in [5.41, 5.74) is 0. The maximum absolute atomic E-state index is 13.9. The lowest BCUT2D eigenvalue weighted by molar-refractivity contribution is -0.597. The molecule has 4 rings (SSSR count). The molecule has 2 aromatic rings. The van der Waals surface area contributed by atoms with E-state index in [9.17, 15) is 48.1 Å². The normalized spacial score (nSPS) is 22.5. The summed E-state index contributed by atoms with van der Waals surface area (Å²) in [6, 6.07) is 21.4. The van der Waals surface area contributed by atoms with E-state index in [0.717, 1.165) is 0 Å². The standard InChI is InChI=1S/C12H10I.C11H12F8O4S/c1-3-7-11(8-4-1)13-12-9-5-2-6-10-12;12-8(13,7-4-5-1-2-6(7)3-5)9(14,15)23-10(16,17)11(18,19)24(20,21)22/h1-10H;5-7H,1-4H2,(H,20,21,22)/q+1;/p-1. The highest BCUT2D eigenvalue weighted by atomic mass is 127. The molecule has 3 atom stereocenters. The van der Waals surface area contributed by atoms with Crippen molar-refractivity contribution in [1.82, 2.24) is 0 Å². The molecular weight excluding hydrogens is 651 g/mol. The lowest BCUT2D eigenvalue weighted by atomic mass is 9.83. The van der Waals surface area contributed by atoms with Crippen LogP contribution in [0.3, 0.4) is 0 Å². The summed E-state index contributed by atoms with van der Waals surface area (Å²) in [4.78, 5) is 0. The van der Waals surface area contributed by atoms with Crippen LogP contribution in [0.4, 0.5) is 35.1 Å². The Bertz CT molecular complexity index is 1110. The van der Waals surface area contributed by atoms with Gasteiger partial charge in [-0.05, 0) is 55.4 Å². The third kappa shape index (κ3) is 6.56. The van der Waals surface area contributed by atoms with E-state index in [2.05, 4.69) is 65.4 Å². The van der Waals surface area contributed by atoms with E-state index < -0.39 is 51.8 Å². The maximum Gasteiger partial charge on any atom is 0.438 e. The monoisotopic (exact) mass is 672 g/mol. The van der Waals surface area contributed by atoms with Crippen molar-refractivity contribution in [2.75, 3.05) is 0 Å². The van der Waals surface area contributed by atoms with Crippen LogP contribution in [0.15, 0.2) is 60.7 Å². The maximum atomic E-state index is 13.9. The van der Waals surface area contributed by atoms with E-state index in [1.54, 1.807) is 0 Å². The highest BCUT2D eigenvalue weighted by Gasteiger charge is 2.74. The van der Waals surface area contributed by atoms with Gasteiger partial charge in [0.05, 0.1) is 0 Å². The molecule has 0 heterocycles. The summed E-state index contributed by atoms with van der Waals surface area (Å²) in [6.45, 7) is 0. The van der Waals surface area contributed by atoms with E-state index in [0.29, 0.717) is 6.42 Å². The molecule has 37 heavy (non-hydrogen) atoms. The van der Waals surface area contributed by atoms with Crippen LogP contribution in [0.25, 0.3) is 0 Å². The third-order valence-electron chi connectivity index (χ3n) is 6.19. The molecule has 0 radical (unpaired) electrons. The van der Waals surface area contributed by atoms with Crippen LogP contribution in [-0.4, -0.2) is 36.4 Å². The number of alkyl halides is 8. The summed E-state index contributed by atoms with van der Waals surface area (Å²) in [5.74, 6) is -8.51. The number of rotatable bonds is 8. The number of halogens is 9. The van der Waals surface area contributed by atoms with Gasteiger partial charge >= 0.3 is 44.6 Å². The lowest BCUT2D eigenvalue weighted by Crippen LogP contribution is -3.61. The van der Waals surface area contributed by atoms with Gasteiger partial charge in [0.1, 0.15) is 0 Å². The Morgan fingerprint density at radius 3 is 1.62 bits per heavy atom. The molecule has 0 amide bonds. The minimum atomic E-state index is -7.14. The fourth-order valence-electron chi connectivity index (χ4n) is 4.42. The SMILES string of the molecule is O=S(=O)([O-])C(F)(F)C(F)(F)OC(F)(F)C(F)(F)C1CC2CCC1C2.c1ccc([I+]c2ccccc2)cc1. The first kappa shape index (κ1) is 30.0. The number of fused-ring (bicyclic) bond motifs is 2. The zero-order valence-corrected chi connectivity index (χ0v) is 21.8. The second-order valence-corrected chi connectivity index (χ2v) is 13.1. The largest absolute Gasteiger partial charge is 0.743 e. The summed E-state index contributed by atoms with van der Waals surface area (Å²) >= 11 is 0.0287. The van der Waals surface area contributed by atoms with Crippen molar-refractivity contribution in [2.45, 2.75) is 49.1 Å². The van der Waals surface area contributed by atoms with Crippen molar-refractivity contribution in [3.8, 4) is 0 Å². The van der Waals surface area contributed by atoms with Crippen molar-refractivity contribution in [3.05, 3.63) is 67.8 Å². The molecule has 2 aromatic carbocycles. The summed E-state index contributed by atoms with van der Waals surface area (Å²) in [5, 5.41) is -6.64. The molecule has 14 heteroatoms. The van der Waals surface area contributed by atoms with Crippen LogP contribution >= 0.6 is 0 Å². The van der Waals surface area contributed by atoms with Gasteiger partial charge in [-0.25, -0.2) is 13.2 Å². The van der Waals surface area contributed by atoms with Gasteiger partial charge in [0.2, 0.25) is 0 Å². The average Bonchev–Trinajstić information content (AvgIpc) is 3.43. The Balaban J connectivity index is 0.000000244. The van der Waals surface area contributed by atoms with Crippen LogP contribution in [-0.2, 0) is 14.9 Å². The third-order valence-corrected chi connectivity index (χ3v) is 9.74. The van der Waals surface area contributed by atoms with Crippen LogP contribution < -0.4 is 21.2 Å². The molecule has 0 spiro atoms. The smallest absolute Gasteiger partial charge is 0.438 e. The number of ether oxygens (including phenoxy) is 1. The molecule has 2 bridgehead atoms. The van der Waals surface area contributed by atoms with E-state index in [1.807, 2.05) is 0 Å². The van der Waals surface area contributed by atoms with E-state index in [1.165, 1.54) is 7.14 Å². The Labute approximate surface area is 218 Å². The number of hydrogen-bond acceptors (Lipinski definition) is 4. The van der Waals surface area contributed by atoms with Gasteiger partial charge in [0, 0.05) is 5.92 Å². The first-order valence-electron chi connectivity index (χ1n) is 10.9. The van der Waals surface area contributed by atoms with Crippen molar-refractivity contribution in [3.63, 3.8) is 0 Å². The molecule has 2 fully saturated rings. The quantitative estimate of drug-likeness (QED) is 0.246. The highest BCUT2D eigenvalue weighted by Crippen LogP contribution is 2.58. The lowest BCUT2D eigenvalue weighted by Gasteiger charge is -2.37. The van der Waals surface area contributed by atoms with Gasteiger partial charge in [-0.3, -0.25) is 0 Å². The summed E-state index contributed by atoms with van der Waals surface area (Å²) in [7, 11) is -7.14. The second kappa shape index (κ2) is 10.9. The van der Waals surface area contributed by atoms with Gasteiger partial charge in [-0.1, -0.05) is 42.8 Å². The number of hydrogen-bond donors (Lipinski definition) is 0. The van der Waals surface area contributed by atoms with E-state index in [4.69, 9.17) is 0 Å². The molecule has 0 aliphatic heterocycles. The molecule has 4 nitrogen and oxygen atoms in total. The fraction of sp³-hybridized carbons (Fsp3) is 0.478. The van der Waals surface area contributed by atoms with Crippen molar-refractivity contribution in [1.29, 1.82) is 0 Å². The number of benzene rings is 2. The second-order valence-electron chi connectivity index (χ2n) is 8.70. The average molecular weight is 672 g/mol. The van der Waals surface area contributed by atoms with Gasteiger partial charge in [0.15, 0.2) is 17.3 Å². The Morgan fingerprint density at radius 2 is 1.24 bits per heavy atom. The molecule has 2 aliphatic rings. The van der Waals surface area contributed by atoms with E-state index in [-0.39, 0.29) is 40.0 Å². The highest BCUT2D eigenvalue weighted by molar-refractivity contribution is 7.86. The van der Waals surface area contributed by atoms with Gasteiger partial charge in [0.25, 0.3) is 0 Å². The van der Waals surface area contributed by atoms with Crippen molar-refractivity contribution < 1.29 is 74.0 Å². The molecule has 0 saturated heterocycles. The van der Waals surface area contributed by atoms with Crippen molar-refractivity contribution >= 4 is 10.1 Å². The summed E-state index contributed by atoms with van der Waals surface area (Å²) in [6.07, 6.45) is -12.3. The van der Waals surface area contributed by atoms with Crippen LogP contribution in [0.2, 0.25) is 0 Å². The zero-order chi connectivity index (χ0) is 27.7. The van der Waals surface area contributed by atoms with E-state index >= 15 is 0 Å². The molecular formula is C23H21F8IO4S. The Kier molecular flexibility index (Phi) is 8.87. The predicted octanol–water partition coefficient (Wildman–Crippen LogP) is 3.21. The van der Waals surface area contributed by atoms with Crippen LogP contribution in [0.1, 0.15) is 25.7 Å². The zero-order valence-electron chi connectivity index (χ0n) is 18.8. The van der Waals surface area contributed by atoms with Crippen LogP contribution in [0.5, 0.6) is 0 Å². The minimum Gasteiger partial charge on any atom is -0.743 e. The topological polar surface area (TPSA) is 66.4 Å². The molecule has 2 saturated carbocycles. The molecule has 206 valence electrons. The first-order chi connectivity index (χ1) is 17.0. The van der Waals surface area contributed by atoms with Crippen LogP contribution in [0, 0.1) is 24.9 Å². The van der Waals surface area contributed by atoms with Gasteiger partial charge in [-0.2, -0.15) is 35.1 Å². The predicted molar refractivity (Wildman–Crippen MR) is 110 cm³/mol. The van der Waals surface area contributed by atoms with Crippen molar-refractivity contribution in [2.24, 2.45) is 17.8 Å². The van der Waals surface area contributed by atoms with Gasteiger partial charge < -0.3 is 4.55 Å². The molecule has 0 N–H and O–H groups in total. The fourth-order valence-corrected chi connectivity index (χ4v) is 7.02. The first-order valence-corrected chi connectivity index (χ1v) is 14.5. The summed E-state index contributed by atoms with van der Waals surface area (Å²) < 4.78 is 142. The Morgan fingerprint density at radius 1 is 0.757 bits per heavy atom. The molecule has 0 aromatic heterocycles. The molecule has 3 unspecified atom stereocenters.